The fraction of sp³-hybridized carbons (Fsp3) is 0.438. The molecule has 1 aromatic carbocycles. The van der Waals surface area contributed by atoms with Crippen molar-refractivity contribution in [1.29, 1.82) is 0 Å². The smallest absolute Gasteiger partial charge is 0.236 e. The van der Waals surface area contributed by atoms with Gasteiger partial charge in [-0.3, -0.25) is 9.59 Å². The van der Waals surface area contributed by atoms with Crippen molar-refractivity contribution in [2.75, 3.05) is 18.0 Å². The topological polar surface area (TPSA) is 71.0 Å². The minimum absolute atomic E-state index is 0.0134. The number of carbonyl (C=O) groups is 2. The number of hydrogen-bond acceptors (Lipinski definition) is 5. The van der Waals surface area contributed by atoms with Crippen LogP contribution in [0, 0.1) is 11.6 Å². The monoisotopic (exact) mass is 339 g/mol. The number of hydrazone groups is 1. The van der Waals surface area contributed by atoms with Crippen LogP contribution in [0.4, 0.5) is 14.5 Å². The molecule has 1 N–H and O–H groups in total. The number of hydrogen-bond donors (Lipinski definition) is 1. The Morgan fingerprint density at radius 3 is 2.46 bits per heavy atom. The molecule has 1 aliphatic heterocycles. The van der Waals surface area contributed by atoms with E-state index in [4.69, 9.17) is 4.74 Å². The zero-order chi connectivity index (χ0) is 17.9. The Hall–Kier alpha value is -2.35. The molecule has 130 valence electrons. The van der Waals surface area contributed by atoms with Crippen molar-refractivity contribution < 1.29 is 23.1 Å². The molecule has 0 aliphatic carbocycles. The highest BCUT2D eigenvalue weighted by Gasteiger charge is 2.28. The molecule has 1 fully saturated rings. The first-order valence-corrected chi connectivity index (χ1v) is 7.50. The summed E-state index contributed by atoms with van der Waals surface area (Å²) in [6.45, 7) is 5.58. The Bertz CT molecular complexity index is 669. The Morgan fingerprint density at radius 1 is 1.29 bits per heavy atom. The predicted molar refractivity (Wildman–Crippen MR) is 85.4 cm³/mol. The first-order chi connectivity index (χ1) is 11.3. The second-order valence-electron chi connectivity index (χ2n) is 5.74. The number of amides is 1. The van der Waals surface area contributed by atoms with Crippen LogP contribution in [0.3, 0.4) is 0 Å². The second-order valence-corrected chi connectivity index (χ2v) is 5.74. The highest BCUT2D eigenvalue weighted by atomic mass is 19.2. The number of morpholine rings is 1. The third-order valence-corrected chi connectivity index (χ3v) is 3.53. The predicted octanol–water partition coefficient (Wildman–Crippen LogP) is 1.86. The SMILES string of the molecule is CC(=O)N/N=C/c1cc(C=O)c(N2C[C@@H](C)O[C@@H](C)C2)c(F)c1F. The Morgan fingerprint density at radius 2 is 1.92 bits per heavy atom. The van der Waals surface area contributed by atoms with Crippen LogP contribution in [0.2, 0.25) is 0 Å². The van der Waals surface area contributed by atoms with Crippen molar-refractivity contribution in [2.45, 2.75) is 33.0 Å². The van der Waals surface area contributed by atoms with Crippen LogP contribution in [-0.2, 0) is 9.53 Å². The van der Waals surface area contributed by atoms with Crippen molar-refractivity contribution in [3.63, 3.8) is 0 Å². The van der Waals surface area contributed by atoms with E-state index >= 15 is 0 Å². The van der Waals surface area contributed by atoms with Crippen LogP contribution in [0.1, 0.15) is 36.7 Å². The van der Waals surface area contributed by atoms with E-state index in [9.17, 15) is 18.4 Å². The lowest BCUT2D eigenvalue weighted by Crippen LogP contribution is -2.46. The minimum Gasteiger partial charge on any atom is -0.372 e. The first kappa shape index (κ1) is 18.0. The number of nitrogens with one attached hydrogen (secondary N) is 1. The molecular formula is C16H19F2N3O3. The molecule has 0 bridgehead atoms. The van der Waals surface area contributed by atoms with Gasteiger partial charge in [0.25, 0.3) is 0 Å². The van der Waals surface area contributed by atoms with Gasteiger partial charge < -0.3 is 9.64 Å². The van der Waals surface area contributed by atoms with Gasteiger partial charge >= 0.3 is 0 Å². The van der Waals surface area contributed by atoms with Crippen LogP contribution < -0.4 is 10.3 Å². The summed E-state index contributed by atoms with van der Waals surface area (Å²) in [6, 6.07) is 1.21. The van der Waals surface area contributed by atoms with Gasteiger partial charge in [0.2, 0.25) is 5.91 Å². The maximum absolute atomic E-state index is 14.6. The molecule has 0 spiro atoms. The van der Waals surface area contributed by atoms with Crippen LogP contribution in [0.5, 0.6) is 0 Å². The molecule has 2 rings (SSSR count). The number of ether oxygens (including phenoxy) is 1. The zero-order valence-corrected chi connectivity index (χ0v) is 13.7. The molecule has 8 heteroatoms. The molecule has 1 heterocycles. The summed E-state index contributed by atoms with van der Waals surface area (Å²) in [5, 5.41) is 3.50. The van der Waals surface area contributed by atoms with E-state index in [1.807, 2.05) is 13.8 Å². The number of anilines is 1. The van der Waals surface area contributed by atoms with Gasteiger partial charge in [-0.2, -0.15) is 5.10 Å². The molecule has 24 heavy (non-hydrogen) atoms. The van der Waals surface area contributed by atoms with E-state index in [0.29, 0.717) is 19.4 Å². The molecule has 0 aromatic heterocycles. The zero-order valence-electron chi connectivity index (χ0n) is 13.7. The van der Waals surface area contributed by atoms with Crippen molar-refractivity contribution in [2.24, 2.45) is 5.10 Å². The van der Waals surface area contributed by atoms with Crippen molar-refractivity contribution >= 4 is 24.1 Å². The molecule has 1 amide bonds. The van der Waals surface area contributed by atoms with Gasteiger partial charge in [-0.1, -0.05) is 0 Å². The van der Waals surface area contributed by atoms with E-state index in [-0.39, 0.29) is 29.0 Å². The van der Waals surface area contributed by atoms with Gasteiger partial charge in [0, 0.05) is 31.1 Å². The summed E-state index contributed by atoms with van der Waals surface area (Å²) < 4.78 is 34.4. The van der Waals surface area contributed by atoms with Gasteiger partial charge in [-0.15, -0.1) is 0 Å². The summed E-state index contributed by atoms with van der Waals surface area (Å²) in [5.74, 6) is -2.70. The summed E-state index contributed by atoms with van der Waals surface area (Å²) in [4.78, 5) is 23.7. The first-order valence-electron chi connectivity index (χ1n) is 7.50. The molecule has 1 saturated heterocycles. The van der Waals surface area contributed by atoms with Gasteiger partial charge in [-0.05, 0) is 19.9 Å². The Kier molecular flexibility index (Phi) is 5.61. The third kappa shape index (κ3) is 3.94. The summed E-state index contributed by atoms with van der Waals surface area (Å²) in [6.07, 6.45) is 1.09. The Balaban J connectivity index is 2.42. The van der Waals surface area contributed by atoms with Gasteiger partial charge in [0.05, 0.1) is 24.1 Å². The molecule has 1 aliphatic rings. The molecule has 0 saturated carbocycles. The quantitative estimate of drug-likeness (QED) is 0.516. The van der Waals surface area contributed by atoms with Gasteiger partial charge in [0.1, 0.15) is 0 Å². The van der Waals surface area contributed by atoms with E-state index < -0.39 is 17.5 Å². The van der Waals surface area contributed by atoms with Gasteiger partial charge in [-0.25, -0.2) is 14.2 Å². The second kappa shape index (κ2) is 7.48. The van der Waals surface area contributed by atoms with Crippen molar-refractivity contribution in [3.8, 4) is 0 Å². The minimum atomic E-state index is -1.13. The average Bonchev–Trinajstić information content (AvgIpc) is 2.49. The lowest BCUT2D eigenvalue weighted by molar-refractivity contribution is -0.118. The van der Waals surface area contributed by atoms with Crippen LogP contribution in [-0.4, -0.2) is 43.7 Å². The fourth-order valence-electron chi connectivity index (χ4n) is 2.72. The standard InChI is InChI=1S/C16H19F2N3O3/c1-9-6-21(7-10(2)24-9)16-13(8-22)4-12(14(17)15(16)18)5-19-20-11(3)23/h4-5,8-10H,6-7H2,1-3H3,(H,20,23)/b19-5+/t9-,10+. The highest BCUT2D eigenvalue weighted by molar-refractivity contribution is 5.91. The lowest BCUT2D eigenvalue weighted by Gasteiger charge is -2.37. The molecule has 0 unspecified atom stereocenters. The van der Waals surface area contributed by atoms with E-state index in [1.165, 1.54) is 13.0 Å². The van der Waals surface area contributed by atoms with Crippen LogP contribution in [0.25, 0.3) is 0 Å². The summed E-state index contributed by atoms with van der Waals surface area (Å²) >= 11 is 0. The van der Waals surface area contributed by atoms with Crippen molar-refractivity contribution in [1.82, 2.24) is 5.43 Å². The maximum Gasteiger partial charge on any atom is 0.236 e. The normalized spacial score (nSPS) is 21.1. The molecule has 6 nitrogen and oxygen atoms in total. The van der Waals surface area contributed by atoms with Crippen molar-refractivity contribution in [3.05, 3.63) is 28.8 Å². The van der Waals surface area contributed by atoms with E-state index in [2.05, 4.69) is 10.5 Å². The van der Waals surface area contributed by atoms with Gasteiger partial charge in [0.15, 0.2) is 17.9 Å². The number of carbonyl (C=O) groups excluding carboxylic acids is 2. The summed E-state index contributed by atoms with van der Waals surface area (Å²) in [7, 11) is 0. The molecule has 1 aromatic rings. The summed E-state index contributed by atoms with van der Waals surface area (Å²) in [5.41, 5.74) is 1.80. The van der Waals surface area contributed by atoms with Crippen LogP contribution >= 0.6 is 0 Å². The van der Waals surface area contributed by atoms with E-state index in [1.54, 1.807) is 4.90 Å². The molecule has 2 atom stereocenters. The molecule has 0 radical (unpaired) electrons. The maximum atomic E-state index is 14.6. The van der Waals surface area contributed by atoms with Crippen LogP contribution in [0.15, 0.2) is 11.2 Å². The number of aldehydes is 1. The lowest BCUT2D eigenvalue weighted by atomic mass is 10.1. The largest absolute Gasteiger partial charge is 0.372 e. The molecular weight excluding hydrogens is 320 g/mol. The number of halogens is 2. The number of nitrogens with zero attached hydrogens (tertiary/aromatic N) is 2. The van der Waals surface area contributed by atoms with E-state index in [0.717, 1.165) is 6.21 Å². The number of benzene rings is 1. The average molecular weight is 339 g/mol. The Labute approximate surface area is 138 Å². The highest BCUT2D eigenvalue weighted by Crippen LogP contribution is 2.30. The number of rotatable bonds is 4. The fourth-order valence-corrected chi connectivity index (χ4v) is 2.72. The third-order valence-electron chi connectivity index (χ3n) is 3.53.